The van der Waals surface area contributed by atoms with Gasteiger partial charge in [-0.25, -0.2) is 0 Å². The van der Waals surface area contributed by atoms with Crippen molar-refractivity contribution < 1.29 is 19.1 Å². The number of nitrogens with zero attached hydrogens (tertiary/aromatic N) is 1. The Morgan fingerprint density at radius 1 is 1.03 bits per heavy atom. The number of carbonyl (C=O) groups is 2. The number of rotatable bonds is 11. The first kappa shape index (κ1) is 24.4. The number of allylic oxidation sites excluding steroid dienone is 1. The Labute approximate surface area is 196 Å². The van der Waals surface area contributed by atoms with Crippen LogP contribution >= 0.6 is 0 Å². The van der Waals surface area contributed by atoms with Crippen LogP contribution in [-0.2, 0) is 16.1 Å². The van der Waals surface area contributed by atoms with Gasteiger partial charge in [0.05, 0.1) is 7.11 Å². The Morgan fingerprint density at radius 2 is 1.79 bits per heavy atom. The number of para-hydroxylation sites is 1. The Morgan fingerprint density at radius 3 is 2.45 bits per heavy atom. The second kappa shape index (κ2) is 12.7. The predicted molar refractivity (Wildman–Crippen MR) is 129 cm³/mol. The van der Waals surface area contributed by atoms with E-state index in [0.29, 0.717) is 18.8 Å². The van der Waals surface area contributed by atoms with Crippen LogP contribution in [0.1, 0.15) is 44.6 Å². The van der Waals surface area contributed by atoms with E-state index in [1.807, 2.05) is 42.5 Å². The number of hydrogen-bond acceptors (Lipinski definition) is 4. The van der Waals surface area contributed by atoms with E-state index in [4.69, 9.17) is 9.47 Å². The summed E-state index contributed by atoms with van der Waals surface area (Å²) < 4.78 is 10.9. The van der Waals surface area contributed by atoms with Gasteiger partial charge in [-0.15, -0.1) is 0 Å². The maximum Gasteiger partial charge on any atom is 0.261 e. The molecule has 1 aliphatic carbocycles. The summed E-state index contributed by atoms with van der Waals surface area (Å²) in [6.07, 6.45) is 7.87. The van der Waals surface area contributed by atoms with E-state index < -0.39 is 6.04 Å². The van der Waals surface area contributed by atoms with Gasteiger partial charge >= 0.3 is 0 Å². The van der Waals surface area contributed by atoms with Crippen molar-refractivity contribution in [3.05, 3.63) is 71.8 Å². The summed E-state index contributed by atoms with van der Waals surface area (Å²) in [5, 5.41) is 3.01. The third-order valence-electron chi connectivity index (χ3n) is 5.92. The zero-order valence-corrected chi connectivity index (χ0v) is 19.6. The zero-order chi connectivity index (χ0) is 23.5. The highest BCUT2D eigenvalue weighted by Crippen LogP contribution is 2.20. The van der Waals surface area contributed by atoms with Crippen molar-refractivity contribution in [3.8, 4) is 11.5 Å². The first-order valence-electron chi connectivity index (χ1n) is 11.6. The van der Waals surface area contributed by atoms with Crippen molar-refractivity contribution in [2.75, 3.05) is 20.3 Å². The van der Waals surface area contributed by atoms with Gasteiger partial charge in [0.15, 0.2) is 6.61 Å². The Kier molecular flexibility index (Phi) is 9.36. The summed E-state index contributed by atoms with van der Waals surface area (Å²) in [6.45, 7) is 2.52. The van der Waals surface area contributed by atoms with Gasteiger partial charge in [-0.3, -0.25) is 9.59 Å². The molecule has 0 bridgehead atoms. The molecule has 2 aromatic rings. The van der Waals surface area contributed by atoms with E-state index in [1.54, 1.807) is 31.1 Å². The number of methoxy groups -OCH3 is 1. The second-order valence-corrected chi connectivity index (χ2v) is 8.30. The van der Waals surface area contributed by atoms with E-state index in [9.17, 15) is 9.59 Å². The molecule has 0 radical (unpaired) electrons. The molecule has 33 heavy (non-hydrogen) atoms. The fourth-order valence-corrected chi connectivity index (χ4v) is 3.88. The minimum Gasteiger partial charge on any atom is -0.497 e. The van der Waals surface area contributed by atoms with E-state index in [0.717, 1.165) is 30.6 Å². The molecule has 0 saturated heterocycles. The van der Waals surface area contributed by atoms with Crippen molar-refractivity contribution in [2.24, 2.45) is 0 Å². The molecule has 0 saturated carbocycles. The molecule has 2 amide bonds. The van der Waals surface area contributed by atoms with Gasteiger partial charge in [-0.05, 0) is 68.9 Å². The van der Waals surface area contributed by atoms with Crippen LogP contribution < -0.4 is 14.8 Å². The number of nitrogens with one attached hydrogen (secondary N) is 1. The lowest BCUT2D eigenvalue weighted by molar-refractivity contribution is -0.142. The molecule has 1 N–H and O–H groups in total. The number of carbonyl (C=O) groups excluding carboxylic acids is 2. The van der Waals surface area contributed by atoms with E-state index in [1.165, 1.54) is 18.4 Å². The third-order valence-corrected chi connectivity index (χ3v) is 5.92. The molecule has 6 nitrogen and oxygen atoms in total. The molecule has 1 aliphatic rings. The lowest BCUT2D eigenvalue weighted by atomic mass is 9.97. The number of hydrogen-bond donors (Lipinski definition) is 1. The summed E-state index contributed by atoms with van der Waals surface area (Å²) >= 11 is 0. The van der Waals surface area contributed by atoms with Crippen LogP contribution in [0.4, 0.5) is 0 Å². The van der Waals surface area contributed by atoms with Crippen molar-refractivity contribution in [2.45, 2.75) is 51.6 Å². The summed E-state index contributed by atoms with van der Waals surface area (Å²) in [4.78, 5) is 27.6. The maximum atomic E-state index is 13.1. The molecule has 0 spiro atoms. The minimum atomic E-state index is -0.626. The van der Waals surface area contributed by atoms with Crippen LogP contribution in [0, 0.1) is 0 Å². The number of ether oxygens (including phenoxy) is 2. The highest BCUT2D eigenvalue weighted by Gasteiger charge is 2.26. The van der Waals surface area contributed by atoms with E-state index in [-0.39, 0.29) is 18.4 Å². The zero-order valence-electron chi connectivity index (χ0n) is 19.6. The van der Waals surface area contributed by atoms with Gasteiger partial charge < -0.3 is 19.7 Å². The normalized spacial score (nSPS) is 14.1. The molecule has 2 aromatic carbocycles. The van der Waals surface area contributed by atoms with Crippen molar-refractivity contribution >= 4 is 11.8 Å². The quantitative estimate of drug-likeness (QED) is 0.512. The molecular formula is C27H34N2O4. The summed E-state index contributed by atoms with van der Waals surface area (Å²) in [7, 11) is 1.61. The monoisotopic (exact) mass is 450 g/mol. The molecule has 0 unspecified atom stereocenters. The fraction of sp³-hybridized carbons (Fsp3) is 0.407. The molecular weight excluding hydrogens is 416 g/mol. The largest absolute Gasteiger partial charge is 0.497 e. The summed E-state index contributed by atoms with van der Waals surface area (Å²) in [6, 6.07) is 16.1. The van der Waals surface area contributed by atoms with Gasteiger partial charge in [-0.1, -0.05) is 42.0 Å². The molecule has 0 aliphatic heterocycles. The molecule has 3 rings (SSSR count). The molecule has 0 fully saturated rings. The van der Waals surface area contributed by atoms with Crippen molar-refractivity contribution in [3.63, 3.8) is 0 Å². The lowest BCUT2D eigenvalue weighted by Crippen LogP contribution is -2.49. The van der Waals surface area contributed by atoms with Crippen LogP contribution in [-0.4, -0.2) is 43.0 Å². The first-order chi connectivity index (χ1) is 16.1. The van der Waals surface area contributed by atoms with Gasteiger partial charge in [0.2, 0.25) is 5.91 Å². The van der Waals surface area contributed by atoms with E-state index in [2.05, 4.69) is 11.4 Å². The topological polar surface area (TPSA) is 67.9 Å². The SMILES string of the molecule is COc1ccc(CN(C(=O)COc2ccccc2)[C@@H](C)C(=O)NCCC2=CCCCC2)cc1. The van der Waals surface area contributed by atoms with Crippen LogP contribution in [0.2, 0.25) is 0 Å². The standard InChI is InChI=1S/C27H34N2O4/c1-21(27(31)28-18-17-22-9-5-3-6-10-22)29(19-23-13-15-24(32-2)16-14-23)26(30)20-33-25-11-7-4-8-12-25/h4,7-9,11-16,21H,3,5-6,10,17-20H2,1-2H3,(H,28,31)/t21-/m0/s1. The average molecular weight is 451 g/mol. The number of benzene rings is 2. The average Bonchev–Trinajstić information content (AvgIpc) is 2.87. The highest BCUT2D eigenvalue weighted by molar-refractivity contribution is 5.88. The van der Waals surface area contributed by atoms with E-state index >= 15 is 0 Å². The Balaban J connectivity index is 1.63. The molecule has 176 valence electrons. The van der Waals surface area contributed by atoms with Crippen LogP contribution in [0.3, 0.4) is 0 Å². The molecule has 0 heterocycles. The summed E-state index contributed by atoms with van der Waals surface area (Å²) in [5.74, 6) is 0.959. The van der Waals surface area contributed by atoms with Gasteiger partial charge in [0.1, 0.15) is 17.5 Å². The predicted octanol–water partition coefficient (Wildman–Crippen LogP) is 4.50. The fourth-order valence-electron chi connectivity index (χ4n) is 3.88. The lowest BCUT2D eigenvalue weighted by Gasteiger charge is -2.29. The summed E-state index contributed by atoms with van der Waals surface area (Å²) in [5.41, 5.74) is 2.33. The van der Waals surface area contributed by atoms with Crippen molar-refractivity contribution in [1.82, 2.24) is 10.2 Å². The molecule has 6 heteroatoms. The number of amides is 2. The van der Waals surface area contributed by atoms with Gasteiger partial charge in [0.25, 0.3) is 5.91 Å². The Bertz CT molecular complexity index is 925. The van der Waals surface area contributed by atoms with Crippen LogP contribution in [0.5, 0.6) is 11.5 Å². The van der Waals surface area contributed by atoms with Gasteiger partial charge in [0, 0.05) is 13.1 Å². The molecule has 0 aromatic heterocycles. The smallest absolute Gasteiger partial charge is 0.261 e. The maximum absolute atomic E-state index is 13.1. The second-order valence-electron chi connectivity index (χ2n) is 8.30. The minimum absolute atomic E-state index is 0.134. The van der Waals surface area contributed by atoms with Gasteiger partial charge in [-0.2, -0.15) is 0 Å². The van der Waals surface area contributed by atoms with Crippen LogP contribution in [0.25, 0.3) is 0 Å². The third kappa shape index (κ3) is 7.67. The Hall–Kier alpha value is -3.28. The molecule has 1 atom stereocenters. The van der Waals surface area contributed by atoms with Crippen molar-refractivity contribution in [1.29, 1.82) is 0 Å². The first-order valence-corrected chi connectivity index (χ1v) is 11.6. The van der Waals surface area contributed by atoms with Crippen LogP contribution in [0.15, 0.2) is 66.2 Å². The highest BCUT2D eigenvalue weighted by atomic mass is 16.5.